The second-order valence-electron chi connectivity index (χ2n) is 7.36. The molecule has 1 heterocycles. The minimum Gasteiger partial charge on any atom is -0.263 e. The first-order chi connectivity index (χ1) is 14.9. The molecule has 142 valence electrons. The fourth-order valence-corrected chi connectivity index (χ4v) is 3.77. The van der Waals surface area contributed by atoms with E-state index in [1.165, 1.54) is 33.4 Å². The molecule has 4 aromatic carbocycles. The molecule has 0 saturated carbocycles. The van der Waals surface area contributed by atoms with Crippen molar-refractivity contribution in [1.82, 2.24) is 4.98 Å². The number of hydrogen-bond acceptors (Lipinski definition) is 1. The van der Waals surface area contributed by atoms with Gasteiger partial charge in [-0.25, -0.2) is 0 Å². The van der Waals surface area contributed by atoms with Crippen molar-refractivity contribution < 1.29 is 0 Å². The van der Waals surface area contributed by atoms with E-state index in [1.54, 1.807) is 0 Å². The Bertz CT molecular complexity index is 1180. The topological polar surface area (TPSA) is 12.9 Å². The number of hydrogen-bond donors (Lipinski definition) is 0. The Labute approximate surface area is 177 Å². The normalized spacial score (nSPS) is 10.7. The standard InChI is InChI=1S/C29H21N/c1-3-9-22(10-4-1)24-13-7-15-26(17-24)28-19-29(21-30-20-28)27-16-8-14-25(18-27)23-11-5-2-6-12-23/h1-21H. The Balaban J connectivity index is 1.52. The monoisotopic (exact) mass is 383 g/mol. The van der Waals surface area contributed by atoms with E-state index in [1.807, 2.05) is 24.5 Å². The highest BCUT2D eigenvalue weighted by atomic mass is 14.6. The quantitative estimate of drug-likeness (QED) is 0.309. The van der Waals surface area contributed by atoms with Crippen LogP contribution in [-0.2, 0) is 0 Å². The molecule has 0 aliphatic carbocycles. The summed E-state index contributed by atoms with van der Waals surface area (Å²) in [6.45, 7) is 0. The Morgan fingerprint density at radius 3 is 1.07 bits per heavy atom. The third-order valence-corrected chi connectivity index (χ3v) is 5.34. The minimum absolute atomic E-state index is 1.12. The van der Waals surface area contributed by atoms with Gasteiger partial charge in [0, 0.05) is 23.5 Å². The van der Waals surface area contributed by atoms with Crippen LogP contribution in [0.3, 0.4) is 0 Å². The molecule has 1 heteroatoms. The average molecular weight is 383 g/mol. The lowest BCUT2D eigenvalue weighted by atomic mass is 9.96. The number of rotatable bonds is 4. The lowest BCUT2D eigenvalue weighted by Gasteiger charge is -2.09. The molecule has 0 aliphatic rings. The third kappa shape index (κ3) is 3.78. The highest BCUT2D eigenvalue weighted by Crippen LogP contribution is 2.30. The molecule has 5 rings (SSSR count). The van der Waals surface area contributed by atoms with Gasteiger partial charge in [0.15, 0.2) is 0 Å². The van der Waals surface area contributed by atoms with Crippen molar-refractivity contribution in [2.45, 2.75) is 0 Å². The SMILES string of the molecule is c1ccc(-c2cccc(-c3cncc(-c4cccc(-c5ccccc5)c4)c3)c2)cc1. The van der Waals surface area contributed by atoms with Crippen LogP contribution in [-0.4, -0.2) is 4.98 Å². The summed E-state index contributed by atoms with van der Waals surface area (Å²) >= 11 is 0. The lowest BCUT2D eigenvalue weighted by Crippen LogP contribution is -1.86. The van der Waals surface area contributed by atoms with Crippen molar-refractivity contribution in [2.24, 2.45) is 0 Å². The summed E-state index contributed by atoms with van der Waals surface area (Å²) in [6, 6.07) is 40.5. The molecule has 0 radical (unpaired) electrons. The van der Waals surface area contributed by atoms with Crippen molar-refractivity contribution in [3.05, 3.63) is 128 Å². The molecule has 0 saturated heterocycles. The Kier molecular flexibility index (Phi) is 4.93. The van der Waals surface area contributed by atoms with Gasteiger partial charge in [-0.2, -0.15) is 0 Å². The number of nitrogens with zero attached hydrogens (tertiary/aromatic N) is 1. The van der Waals surface area contributed by atoms with E-state index in [9.17, 15) is 0 Å². The lowest BCUT2D eigenvalue weighted by molar-refractivity contribution is 1.33. The van der Waals surface area contributed by atoms with E-state index >= 15 is 0 Å². The molecule has 0 fully saturated rings. The number of aromatic nitrogens is 1. The second-order valence-corrected chi connectivity index (χ2v) is 7.36. The molecule has 0 aliphatic heterocycles. The zero-order chi connectivity index (χ0) is 20.2. The zero-order valence-electron chi connectivity index (χ0n) is 16.6. The summed E-state index contributed by atoms with van der Waals surface area (Å²) in [5.74, 6) is 0. The fourth-order valence-electron chi connectivity index (χ4n) is 3.77. The number of benzene rings is 4. The first kappa shape index (κ1) is 18.1. The maximum Gasteiger partial charge on any atom is 0.0346 e. The van der Waals surface area contributed by atoms with Gasteiger partial charge < -0.3 is 0 Å². The van der Waals surface area contributed by atoms with Gasteiger partial charge in [0.05, 0.1) is 0 Å². The molecule has 0 spiro atoms. The summed E-state index contributed by atoms with van der Waals surface area (Å²) in [5.41, 5.74) is 9.45. The van der Waals surface area contributed by atoms with Gasteiger partial charge in [-0.1, -0.05) is 97.1 Å². The van der Waals surface area contributed by atoms with Crippen LogP contribution in [0.15, 0.2) is 128 Å². The van der Waals surface area contributed by atoms with E-state index in [0.717, 1.165) is 11.1 Å². The molecule has 0 N–H and O–H groups in total. The van der Waals surface area contributed by atoms with Crippen molar-refractivity contribution in [1.29, 1.82) is 0 Å². The first-order valence-corrected chi connectivity index (χ1v) is 10.1. The Hall–Kier alpha value is -3.97. The maximum atomic E-state index is 4.54. The summed E-state index contributed by atoms with van der Waals surface area (Å²) < 4.78 is 0. The molecule has 0 amide bonds. The Morgan fingerprint density at radius 1 is 0.300 bits per heavy atom. The molecule has 1 aromatic heterocycles. The van der Waals surface area contributed by atoms with Gasteiger partial charge in [-0.15, -0.1) is 0 Å². The predicted octanol–water partition coefficient (Wildman–Crippen LogP) is 7.75. The van der Waals surface area contributed by atoms with Crippen LogP contribution in [0, 0.1) is 0 Å². The smallest absolute Gasteiger partial charge is 0.0346 e. The molecule has 0 bridgehead atoms. The van der Waals surface area contributed by atoms with E-state index in [0.29, 0.717) is 0 Å². The first-order valence-electron chi connectivity index (χ1n) is 10.1. The fraction of sp³-hybridized carbons (Fsp3) is 0. The van der Waals surface area contributed by atoms with Gasteiger partial charge in [-0.3, -0.25) is 4.98 Å². The minimum atomic E-state index is 1.12. The third-order valence-electron chi connectivity index (χ3n) is 5.34. The van der Waals surface area contributed by atoms with Crippen LogP contribution < -0.4 is 0 Å². The van der Waals surface area contributed by atoms with Gasteiger partial charge in [-0.05, 0) is 51.6 Å². The van der Waals surface area contributed by atoms with Crippen LogP contribution in [0.5, 0.6) is 0 Å². The van der Waals surface area contributed by atoms with Gasteiger partial charge in [0.1, 0.15) is 0 Å². The average Bonchev–Trinajstić information content (AvgIpc) is 2.85. The molecule has 1 nitrogen and oxygen atoms in total. The number of pyridine rings is 1. The van der Waals surface area contributed by atoms with Gasteiger partial charge in [0.25, 0.3) is 0 Å². The van der Waals surface area contributed by atoms with Crippen LogP contribution in [0.1, 0.15) is 0 Å². The van der Waals surface area contributed by atoms with Crippen molar-refractivity contribution in [3.63, 3.8) is 0 Å². The zero-order valence-corrected chi connectivity index (χ0v) is 16.6. The van der Waals surface area contributed by atoms with Gasteiger partial charge >= 0.3 is 0 Å². The van der Waals surface area contributed by atoms with Crippen LogP contribution in [0.25, 0.3) is 44.5 Å². The Morgan fingerprint density at radius 2 is 0.633 bits per heavy atom. The summed E-state index contributed by atoms with van der Waals surface area (Å²) in [7, 11) is 0. The summed E-state index contributed by atoms with van der Waals surface area (Å²) in [6.07, 6.45) is 3.88. The van der Waals surface area contributed by atoms with E-state index < -0.39 is 0 Å². The molecule has 5 aromatic rings. The van der Waals surface area contributed by atoms with Crippen LogP contribution >= 0.6 is 0 Å². The molecule has 30 heavy (non-hydrogen) atoms. The highest BCUT2D eigenvalue weighted by molar-refractivity contribution is 5.78. The highest BCUT2D eigenvalue weighted by Gasteiger charge is 2.06. The van der Waals surface area contributed by atoms with Crippen LogP contribution in [0.4, 0.5) is 0 Å². The summed E-state index contributed by atoms with van der Waals surface area (Å²) in [4.78, 5) is 4.54. The molecule has 0 atom stereocenters. The van der Waals surface area contributed by atoms with Crippen molar-refractivity contribution in [3.8, 4) is 44.5 Å². The molecular formula is C29H21N. The van der Waals surface area contributed by atoms with Crippen molar-refractivity contribution in [2.75, 3.05) is 0 Å². The van der Waals surface area contributed by atoms with E-state index in [2.05, 4.69) is 108 Å². The van der Waals surface area contributed by atoms with E-state index in [-0.39, 0.29) is 0 Å². The van der Waals surface area contributed by atoms with Crippen molar-refractivity contribution >= 4 is 0 Å². The van der Waals surface area contributed by atoms with Gasteiger partial charge in [0.2, 0.25) is 0 Å². The van der Waals surface area contributed by atoms with Crippen LogP contribution in [0.2, 0.25) is 0 Å². The summed E-state index contributed by atoms with van der Waals surface area (Å²) in [5, 5.41) is 0. The maximum absolute atomic E-state index is 4.54. The molecular weight excluding hydrogens is 362 g/mol. The molecule has 0 unspecified atom stereocenters. The predicted molar refractivity (Wildman–Crippen MR) is 126 cm³/mol. The largest absolute Gasteiger partial charge is 0.263 e. The van der Waals surface area contributed by atoms with E-state index in [4.69, 9.17) is 0 Å². The second kappa shape index (κ2) is 8.18.